The minimum atomic E-state index is -0.471. The number of nitrogens with zero attached hydrogens (tertiary/aromatic N) is 4. The predicted octanol–water partition coefficient (Wildman–Crippen LogP) is -7.68. The van der Waals surface area contributed by atoms with Gasteiger partial charge in [-0.25, -0.2) is 0 Å². The topological polar surface area (TPSA) is 121 Å². The number of hydrogen-bond acceptors (Lipinski definition) is 8. The van der Waals surface area contributed by atoms with Crippen molar-refractivity contribution in [1.82, 2.24) is 0 Å². The van der Waals surface area contributed by atoms with Gasteiger partial charge in [-0.2, -0.15) is 19.2 Å². The van der Waals surface area contributed by atoms with E-state index in [2.05, 4.69) is 0 Å². The molecule has 4 aromatic heterocycles. The summed E-state index contributed by atoms with van der Waals surface area (Å²) in [7, 11) is 0. The second-order valence-corrected chi connectivity index (χ2v) is 11.1. The highest BCUT2D eigenvalue weighted by Crippen LogP contribution is 2.66. The fourth-order valence-corrected chi connectivity index (χ4v) is 6.33. The average molecular weight is 799 g/mol. The fourth-order valence-electron chi connectivity index (χ4n) is 6.33. The molecular formula is C36H40Cl4N4O8. The van der Waals surface area contributed by atoms with Crippen LogP contribution in [0.1, 0.15) is 73.6 Å². The minimum Gasteiger partial charge on any atom is -1.00 e. The van der Waals surface area contributed by atoms with Crippen LogP contribution < -0.4 is 67.9 Å². The van der Waals surface area contributed by atoms with E-state index in [4.69, 9.17) is 18.9 Å². The monoisotopic (exact) mass is 796 g/mol. The number of hydrogen-bond donors (Lipinski definition) is 0. The van der Waals surface area contributed by atoms with E-state index in [0.717, 1.165) is 22.3 Å². The molecule has 0 unspecified atom stereocenters. The van der Waals surface area contributed by atoms with E-state index in [1.807, 2.05) is 48.5 Å². The second-order valence-electron chi connectivity index (χ2n) is 11.1. The van der Waals surface area contributed by atoms with Gasteiger partial charge in [0.25, 0.3) is 0 Å². The molecular weight excluding hydrogens is 758 g/mol. The molecule has 0 N–H and O–H groups in total. The number of halogens is 4. The highest BCUT2D eigenvalue weighted by molar-refractivity contribution is 5.58. The quantitative estimate of drug-likeness (QED) is 0.128. The molecule has 1 saturated carbocycles. The first kappa shape index (κ1) is 45.7. The van der Waals surface area contributed by atoms with Gasteiger partial charge in [0.05, 0.1) is 26.4 Å². The average Bonchev–Trinajstić information content (AvgIpc) is 3.09. The van der Waals surface area contributed by atoms with E-state index in [1.54, 1.807) is 77.3 Å². The van der Waals surface area contributed by atoms with Crippen molar-refractivity contribution in [3.05, 3.63) is 120 Å². The maximum absolute atomic E-state index is 12.4. The van der Waals surface area contributed by atoms with Gasteiger partial charge in [0.1, 0.15) is 0 Å². The first-order valence-corrected chi connectivity index (χ1v) is 16.0. The van der Waals surface area contributed by atoms with Gasteiger partial charge in [0.2, 0.25) is 0 Å². The van der Waals surface area contributed by atoms with Crippen LogP contribution in [0.2, 0.25) is 0 Å². The Morgan fingerprint density at radius 2 is 0.538 bits per heavy atom. The van der Waals surface area contributed by atoms with Crippen LogP contribution in [-0.4, -0.2) is 50.8 Å². The summed E-state index contributed by atoms with van der Waals surface area (Å²) in [5, 5.41) is 0. The first-order chi connectivity index (χ1) is 23.3. The molecule has 5 rings (SSSR count). The summed E-state index contributed by atoms with van der Waals surface area (Å²) in [4.78, 5) is 49.7. The Balaban J connectivity index is 0.00000338. The summed E-state index contributed by atoms with van der Waals surface area (Å²) < 4.78 is 26.3. The van der Waals surface area contributed by atoms with Crippen LogP contribution in [0.15, 0.2) is 98.1 Å². The molecule has 52 heavy (non-hydrogen) atoms. The van der Waals surface area contributed by atoms with E-state index in [9.17, 15) is 19.2 Å². The zero-order valence-corrected chi connectivity index (χ0v) is 32.0. The lowest BCUT2D eigenvalue weighted by Gasteiger charge is -2.53. The molecule has 1 aliphatic rings. The lowest BCUT2D eigenvalue weighted by molar-refractivity contribution is -0.586. The number of rotatable bonds is 8. The predicted molar refractivity (Wildman–Crippen MR) is 167 cm³/mol. The van der Waals surface area contributed by atoms with E-state index in [1.165, 1.54) is 18.3 Å². The van der Waals surface area contributed by atoms with Crippen molar-refractivity contribution in [3.8, 4) is 0 Å². The van der Waals surface area contributed by atoms with Crippen molar-refractivity contribution in [1.29, 1.82) is 0 Å². The molecule has 4 aromatic rings. The van der Waals surface area contributed by atoms with E-state index in [-0.39, 0.29) is 99.7 Å². The molecule has 0 bridgehead atoms. The van der Waals surface area contributed by atoms with Crippen LogP contribution in [0.25, 0.3) is 0 Å². The summed E-state index contributed by atoms with van der Waals surface area (Å²) >= 11 is 0. The smallest absolute Gasteiger partial charge is 0.601 e. The van der Waals surface area contributed by atoms with Crippen LogP contribution in [0.3, 0.4) is 0 Å². The maximum atomic E-state index is 12.4. The molecule has 1 fully saturated rings. The summed E-state index contributed by atoms with van der Waals surface area (Å²) in [5.74, 6) is -0.329. The van der Waals surface area contributed by atoms with Crippen LogP contribution in [0.4, 0.5) is 19.2 Å². The molecule has 0 aliphatic heterocycles. The van der Waals surface area contributed by atoms with Gasteiger partial charge in [-0.3, -0.25) is 0 Å². The van der Waals surface area contributed by atoms with Gasteiger partial charge in [-0.05, 0) is 73.6 Å². The Morgan fingerprint density at radius 3 is 0.673 bits per heavy atom. The van der Waals surface area contributed by atoms with E-state index >= 15 is 0 Å². The van der Waals surface area contributed by atoms with Crippen LogP contribution in [0, 0.1) is 0 Å². The maximum Gasteiger partial charge on any atom is 0.601 e. The standard InChI is InChI=1S/C36H40N4O8.4ClH/c1-5-45-33(41)37-17-9-25(10-18-37)29-30(26-11-19-38(20-12-26)34(42)46-6-2)32(28-15-23-40(24-16-28)36(44)48-8-4)31(29)27-13-21-39(22-14-27)35(43)47-7-3;;;;/h9-24,29-32H,5-8H2,1-4H3;4*1H/q+4;;;;/p-4. The van der Waals surface area contributed by atoms with Crippen molar-refractivity contribution in [2.75, 3.05) is 26.4 Å². The third-order valence-corrected chi connectivity index (χ3v) is 8.42. The van der Waals surface area contributed by atoms with E-state index in [0.29, 0.717) is 0 Å². The third kappa shape index (κ3) is 9.94. The molecule has 1 aliphatic carbocycles. The molecule has 4 heterocycles. The fraction of sp³-hybridized carbons (Fsp3) is 0.333. The zero-order valence-electron chi connectivity index (χ0n) is 28.9. The van der Waals surface area contributed by atoms with Crippen LogP contribution in [0.5, 0.6) is 0 Å². The van der Waals surface area contributed by atoms with Gasteiger partial charge in [0, 0.05) is 48.5 Å². The van der Waals surface area contributed by atoms with Gasteiger partial charge < -0.3 is 68.6 Å². The SMILES string of the molecule is CCOC(=O)[n+]1ccc(C2C(c3cc[n+](C(=O)OCC)cc3)C(c3cc[n+](C(=O)OCC)cc3)C2c2cc[n+](C(=O)OCC)cc2)cc1.[Cl-].[Cl-].[Cl-].[Cl-]. The van der Waals surface area contributed by atoms with Gasteiger partial charge >= 0.3 is 24.4 Å². The Labute approximate surface area is 327 Å². The Morgan fingerprint density at radius 1 is 0.385 bits per heavy atom. The van der Waals surface area contributed by atoms with Crippen molar-refractivity contribution in [3.63, 3.8) is 0 Å². The largest absolute Gasteiger partial charge is 1.00 e. The highest BCUT2D eigenvalue weighted by atomic mass is 35.5. The summed E-state index contributed by atoms with van der Waals surface area (Å²) in [6, 6.07) is 15.3. The number of ether oxygens (including phenoxy) is 4. The van der Waals surface area contributed by atoms with Gasteiger partial charge in [-0.15, -0.1) is 0 Å². The van der Waals surface area contributed by atoms with Crippen LogP contribution in [-0.2, 0) is 18.9 Å². The third-order valence-electron chi connectivity index (χ3n) is 8.42. The van der Waals surface area contributed by atoms with Crippen molar-refractivity contribution in [2.24, 2.45) is 0 Å². The Hall–Kier alpha value is -4.36. The van der Waals surface area contributed by atoms with Crippen LogP contribution >= 0.6 is 0 Å². The number of carbonyl (C=O) groups excluding carboxylic acids is 4. The number of pyridine rings is 4. The van der Waals surface area contributed by atoms with E-state index < -0.39 is 24.4 Å². The molecule has 0 atom stereocenters. The summed E-state index contributed by atoms with van der Waals surface area (Å²) in [5.41, 5.74) is 3.96. The number of aromatic nitrogens is 4. The van der Waals surface area contributed by atoms with Gasteiger partial charge in [0.15, 0.2) is 49.6 Å². The second kappa shape index (κ2) is 21.2. The normalized spacial score (nSPS) is 16.8. The van der Waals surface area contributed by atoms with Crippen molar-refractivity contribution >= 4 is 24.4 Å². The number of carbonyl (C=O) groups is 4. The molecule has 0 spiro atoms. The molecule has 0 amide bonds. The molecule has 16 heteroatoms. The first-order valence-electron chi connectivity index (χ1n) is 16.0. The minimum absolute atomic E-state index is 0. The van der Waals surface area contributed by atoms with Gasteiger partial charge in [-0.1, -0.05) is 18.3 Å². The van der Waals surface area contributed by atoms with Crippen molar-refractivity contribution in [2.45, 2.75) is 51.4 Å². The molecule has 0 aromatic carbocycles. The Bertz CT molecular complexity index is 1490. The lowest BCUT2D eigenvalue weighted by Crippen LogP contribution is -3.00. The molecule has 280 valence electrons. The Kier molecular flexibility index (Phi) is 18.6. The molecule has 12 nitrogen and oxygen atoms in total. The molecule has 0 saturated heterocycles. The lowest BCUT2D eigenvalue weighted by atomic mass is 9.49. The highest BCUT2D eigenvalue weighted by Gasteiger charge is 2.53. The summed E-state index contributed by atoms with van der Waals surface area (Å²) in [6.45, 7) is 8.06. The molecule has 0 radical (unpaired) electrons. The summed E-state index contributed by atoms with van der Waals surface area (Å²) in [6.07, 6.45) is 11.7. The zero-order chi connectivity index (χ0) is 34.2. The van der Waals surface area contributed by atoms with Crippen molar-refractivity contribution < 1.29 is 106 Å².